The van der Waals surface area contributed by atoms with Crippen LogP contribution in [0.15, 0.2) is 39.5 Å². The van der Waals surface area contributed by atoms with E-state index in [1.165, 1.54) is 0 Å². The van der Waals surface area contributed by atoms with Gasteiger partial charge in [-0.3, -0.25) is 14.6 Å². The molecule has 2 aliphatic rings. The van der Waals surface area contributed by atoms with E-state index in [0.29, 0.717) is 31.1 Å². The van der Waals surface area contributed by atoms with Crippen LogP contribution in [-0.4, -0.2) is 46.5 Å². The summed E-state index contributed by atoms with van der Waals surface area (Å²) in [6.07, 6.45) is 6.13. The second-order valence-electron chi connectivity index (χ2n) is 8.17. The summed E-state index contributed by atoms with van der Waals surface area (Å²) in [6.45, 7) is 1.92. The number of carbonyl (C=O) groups excluding carboxylic acids is 2. The largest absolute Gasteiger partial charge is 0.449 e. The number of likely N-dealkylation sites (tertiary alicyclic amines) is 1. The topological polar surface area (TPSA) is 101 Å². The fourth-order valence-electron chi connectivity index (χ4n) is 4.47. The van der Waals surface area contributed by atoms with Crippen LogP contribution in [0.4, 0.5) is 4.39 Å². The highest BCUT2D eigenvalue weighted by Gasteiger charge is 2.54. The molecule has 1 N–H and O–H groups in total. The van der Waals surface area contributed by atoms with Crippen molar-refractivity contribution in [2.45, 2.75) is 25.7 Å². The van der Waals surface area contributed by atoms with Crippen LogP contribution in [0.3, 0.4) is 0 Å². The first-order valence-electron chi connectivity index (χ1n) is 10.0. The molecule has 3 aromatic rings. The minimum absolute atomic E-state index is 0.0242. The summed E-state index contributed by atoms with van der Waals surface area (Å²) in [4.78, 5) is 30.6. The maximum absolute atomic E-state index is 12.9. The van der Waals surface area contributed by atoms with Gasteiger partial charge in [-0.2, -0.15) is 4.39 Å². The van der Waals surface area contributed by atoms with Crippen LogP contribution in [-0.2, 0) is 11.2 Å². The molecule has 30 heavy (non-hydrogen) atoms. The summed E-state index contributed by atoms with van der Waals surface area (Å²) in [5.41, 5.74) is 0.788. The van der Waals surface area contributed by atoms with E-state index < -0.39 is 5.95 Å². The van der Waals surface area contributed by atoms with E-state index in [0.717, 1.165) is 30.7 Å². The van der Waals surface area contributed by atoms with Crippen molar-refractivity contribution in [1.82, 2.24) is 20.4 Å². The number of nitrogens with one attached hydrogen (secondary N) is 1. The van der Waals surface area contributed by atoms with E-state index in [-0.39, 0.29) is 35.2 Å². The molecule has 4 heterocycles. The van der Waals surface area contributed by atoms with Crippen molar-refractivity contribution in [3.8, 4) is 0 Å². The number of pyridine rings is 1. The first kappa shape index (κ1) is 18.8. The van der Waals surface area contributed by atoms with Gasteiger partial charge in [0, 0.05) is 37.3 Å². The number of rotatable bonds is 5. The number of amides is 2. The summed E-state index contributed by atoms with van der Waals surface area (Å²) in [5.74, 6) is -0.0696. The Kier molecular flexibility index (Phi) is 4.52. The third kappa shape index (κ3) is 3.55. The van der Waals surface area contributed by atoms with E-state index in [2.05, 4.69) is 15.5 Å². The van der Waals surface area contributed by atoms with Crippen LogP contribution in [0, 0.1) is 17.3 Å². The quantitative estimate of drug-likeness (QED) is 0.691. The van der Waals surface area contributed by atoms with Crippen molar-refractivity contribution in [3.63, 3.8) is 0 Å². The minimum Gasteiger partial charge on any atom is -0.449 e. The molecule has 156 valence electrons. The van der Waals surface area contributed by atoms with Crippen LogP contribution in [0.25, 0.3) is 11.0 Å². The highest BCUT2D eigenvalue weighted by Crippen LogP contribution is 2.59. The van der Waals surface area contributed by atoms with Gasteiger partial charge in [0.15, 0.2) is 11.3 Å². The molecule has 1 aliphatic carbocycles. The van der Waals surface area contributed by atoms with E-state index in [1.54, 1.807) is 29.4 Å². The first-order valence-corrected chi connectivity index (χ1v) is 10.0. The molecule has 1 aliphatic heterocycles. The molecular weight excluding hydrogens is 391 g/mol. The molecule has 9 heteroatoms. The predicted octanol–water partition coefficient (Wildman–Crippen LogP) is 2.56. The van der Waals surface area contributed by atoms with Gasteiger partial charge in [0.2, 0.25) is 5.91 Å². The lowest BCUT2D eigenvalue weighted by Gasteiger charge is -2.33. The molecule has 1 saturated carbocycles. The Hall–Kier alpha value is -3.23. The lowest BCUT2D eigenvalue weighted by Crippen LogP contribution is -2.41. The van der Waals surface area contributed by atoms with Crippen LogP contribution in [0.5, 0.6) is 0 Å². The lowest BCUT2D eigenvalue weighted by atomic mass is 9.90. The van der Waals surface area contributed by atoms with E-state index in [1.807, 2.05) is 0 Å². The SMILES string of the molecule is O=C(NCC1CC12CCN(C(=O)Cc1cc(F)no1)CC2)c1cc2ccncc2o1. The lowest BCUT2D eigenvalue weighted by molar-refractivity contribution is -0.132. The molecule has 0 bridgehead atoms. The summed E-state index contributed by atoms with van der Waals surface area (Å²) in [7, 11) is 0. The number of halogens is 1. The zero-order valence-corrected chi connectivity index (χ0v) is 16.3. The van der Waals surface area contributed by atoms with Crippen LogP contribution in [0.1, 0.15) is 35.6 Å². The maximum Gasteiger partial charge on any atom is 0.287 e. The maximum atomic E-state index is 12.9. The van der Waals surface area contributed by atoms with Gasteiger partial charge in [0.25, 0.3) is 11.9 Å². The Bertz CT molecular complexity index is 1070. The summed E-state index contributed by atoms with van der Waals surface area (Å²) < 4.78 is 23.2. The molecule has 2 amide bonds. The normalized spacial score (nSPS) is 19.9. The van der Waals surface area contributed by atoms with E-state index in [4.69, 9.17) is 8.94 Å². The molecular formula is C21H21FN4O4. The Morgan fingerprint density at radius 3 is 2.87 bits per heavy atom. The predicted molar refractivity (Wildman–Crippen MR) is 103 cm³/mol. The second kappa shape index (κ2) is 7.23. The van der Waals surface area contributed by atoms with E-state index >= 15 is 0 Å². The van der Waals surface area contributed by atoms with Crippen molar-refractivity contribution < 1.29 is 22.9 Å². The monoisotopic (exact) mass is 412 g/mol. The van der Waals surface area contributed by atoms with Crippen molar-refractivity contribution in [2.24, 2.45) is 11.3 Å². The second-order valence-corrected chi connectivity index (χ2v) is 8.17. The highest BCUT2D eigenvalue weighted by molar-refractivity contribution is 5.95. The molecule has 3 aromatic heterocycles. The Labute approximate surface area is 171 Å². The number of hydrogen-bond acceptors (Lipinski definition) is 6. The van der Waals surface area contributed by atoms with Crippen molar-refractivity contribution in [2.75, 3.05) is 19.6 Å². The van der Waals surface area contributed by atoms with Gasteiger partial charge in [0.05, 0.1) is 12.6 Å². The van der Waals surface area contributed by atoms with Crippen molar-refractivity contribution >= 4 is 22.8 Å². The fraction of sp³-hybridized carbons (Fsp3) is 0.429. The van der Waals surface area contributed by atoms with Gasteiger partial charge in [-0.25, -0.2) is 0 Å². The summed E-state index contributed by atoms with van der Waals surface area (Å²) >= 11 is 0. The molecule has 0 aromatic carbocycles. The summed E-state index contributed by atoms with van der Waals surface area (Å²) in [5, 5.41) is 6.99. The average molecular weight is 412 g/mol. The number of aromatic nitrogens is 2. The molecule has 1 saturated heterocycles. The number of hydrogen-bond donors (Lipinski definition) is 1. The Morgan fingerprint density at radius 2 is 2.13 bits per heavy atom. The Balaban J connectivity index is 1.10. The zero-order chi connectivity index (χ0) is 20.7. The van der Waals surface area contributed by atoms with Gasteiger partial charge in [-0.15, -0.1) is 0 Å². The molecule has 8 nitrogen and oxygen atoms in total. The molecule has 1 spiro atoms. The van der Waals surface area contributed by atoms with Crippen LogP contribution < -0.4 is 5.32 Å². The average Bonchev–Trinajstić information content (AvgIpc) is 3.06. The van der Waals surface area contributed by atoms with Gasteiger partial charge in [-0.1, -0.05) is 0 Å². The standard InChI is InChI=1S/C21H21FN4O4/c22-18-8-15(30-25-18)9-19(27)26-5-2-21(3-6-26)10-14(21)11-24-20(28)16-7-13-1-4-23-12-17(13)29-16/h1,4,7-8,12,14H,2-3,5-6,9-11H2,(H,24,28). The third-order valence-corrected chi connectivity index (χ3v) is 6.38. The molecule has 1 unspecified atom stereocenters. The smallest absolute Gasteiger partial charge is 0.287 e. The van der Waals surface area contributed by atoms with Gasteiger partial charge in [0.1, 0.15) is 5.76 Å². The van der Waals surface area contributed by atoms with Crippen LogP contribution >= 0.6 is 0 Å². The number of piperidine rings is 1. The fourth-order valence-corrected chi connectivity index (χ4v) is 4.47. The van der Waals surface area contributed by atoms with Gasteiger partial charge >= 0.3 is 0 Å². The molecule has 1 atom stereocenters. The number of carbonyl (C=O) groups is 2. The molecule has 5 rings (SSSR count). The number of nitrogens with zero attached hydrogens (tertiary/aromatic N) is 3. The Morgan fingerprint density at radius 1 is 1.30 bits per heavy atom. The van der Waals surface area contributed by atoms with Gasteiger partial charge < -0.3 is 19.2 Å². The molecule has 0 radical (unpaired) electrons. The van der Waals surface area contributed by atoms with Crippen molar-refractivity contribution in [1.29, 1.82) is 0 Å². The van der Waals surface area contributed by atoms with Crippen LogP contribution in [0.2, 0.25) is 0 Å². The third-order valence-electron chi connectivity index (χ3n) is 6.38. The summed E-state index contributed by atoms with van der Waals surface area (Å²) in [6, 6.07) is 4.67. The molecule has 2 fully saturated rings. The minimum atomic E-state index is -0.711. The number of furan rings is 1. The highest BCUT2D eigenvalue weighted by atomic mass is 19.1. The zero-order valence-electron chi connectivity index (χ0n) is 16.3. The number of fused-ring (bicyclic) bond motifs is 1. The van der Waals surface area contributed by atoms with Crippen molar-refractivity contribution in [3.05, 3.63) is 48.1 Å². The first-order chi connectivity index (χ1) is 14.5. The van der Waals surface area contributed by atoms with E-state index in [9.17, 15) is 14.0 Å². The van der Waals surface area contributed by atoms with Gasteiger partial charge in [-0.05, 0) is 47.9 Å².